The molecule has 0 atom stereocenters. The second-order valence-corrected chi connectivity index (χ2v) is 5.93. The molecule has 2 nitrogen and oxygen atoms in total. The Kier molecular flexibility index (Phi) is 5.00. The molecule has 0 aliphatic carbocycles. The van der Waals surface area contributed by atoms with Crippen LogP contribution >= 0.6 is 23.4 Å². The van der Waals surface area contributed by atoms with Gasteiger partial charge in [0.1, 0.15) is 0 Å². The minimum Gasteiger partial charge on any atom is -0.399 e. The van der Waals surface area contributed by atoms with Crippen LogP contribution < -0.4 is 11.5 Å². The quantitative estimate of drug-likeness (QED) is 0.492. The highest BCUT2D eigenvalue weighted by Crippen LogP contribution is 2.29. The average Bonchev–Trinajstić information content (AvgIpc) is 2.37. The van der Waals surface area contributed by atoms with E-state index in [-0.39, 0.29) is 0 Å². The molecule has 0 amide bonds. The van der Waals surface area contributed by atoms with Crippen LogP contribution in [-0.2, 0) is 6.42 Å². The van der Waals surface area contributed by atoms with Gasteiger partial charge in [0.05, 0.1) is 5.02 Å². The highest BCUT2D eigenvalue weighted by Gasteiger charge is 2.01. The highest BCUT2D eigenvalue weighted by atomic mass is 35.5. The monoisotopic (exact) mass is 292 g/mol. The average molecular weight is 293 g/mol. The molecule has 0 heterocycles. The number of aryl methyl sites for hydroxylation is 1. The fraction of sp³-hybridized carbons (Fsp3) is 0.200. The van der Waals surface area contributed by atoms with Gasteiger partial charge in [-0.3, -0.25) is 0 Å². The van der Waals surface area contributed by atoms with Gasteiger partial charge >= 0.3 is 0 Å². The molecule has 4 heteroatoms. The maximum atomic E-state index is 6.13. The van der Waals surface area contributed by atoms with Gasteiger partial charge in [-0.2, -0.15) is 0 Å². The zero-order chi connectivity index (χ0) is 13.7. The molecule has 0 aliphatic heterocycles. The van der Waals surface area contributed by atoms with E-state index in [4.69, 9.17) is 23.1 Å². The van der Waals surface area contributed by atoms with Gasteiger partial charge in [-0.05, 0) is 54.5 Å². The zero-order valence-corrected chi connectivity index (χ0v) is 12.2. The topological polar surface area (TPSA) is 52.0 Å². The number of thioether (sulfide) groups is 1. The molecule has 0 bridgehead atoms. The van der Waals surface area contributed by atoms with Crippen LogP contribution in [0.25, 0.3) is 0 Å². The minimum atomic E-state index is 0.703. The molecule has 0 saturated heterocycles. The van der Waals surface area contributed by atoms with E-state index in [2.05, 4.69) is 6.07 Å². The van der Waals surface area contributed by atoms with E-state index >= 15 is 0 Å². The molecule has 0 aromatic heterocycles. The van der Waals surface area contributed by atoms with Crippen molar-refractivity contribution in [1.82, 2.24) is 0 Å². The number of rotatable bonds is 5. The third-order valence-corrected chi connectivity index (χ3v) is 4.36. The zero-order valence-electron chi connectivity index (χ0n) is 10.6. The van der Waals surface area contributed by atoms with Crippen LogP contribution in [0, 0.1) is 0 Å². The predicted octanol–water partition coefficient (Wildman–Crippen LogP) is 4.23. The summed E-state index contributed by atoms with van der Waals surface area (Å²) in [7, 11) is 0. The Hall–Kier alpha value is -1.32. The maximum Gasteiger partial charge on any atom is 0.0562 e. The third-order valence-electron chi connectivity index (χ3n) is 2.77. The molecule has 19 heavy (non-hydrogen) atoms. The summed E-state index contributed by atoms with van der Waals surface area (Å²) < 4.78 is 0. The van der Waals surface area contributed by atoms with Crippen LogP contribution in [0.4, 0.5) is 11.4 Å². The first kappa shape index (κ1) is 14.1. The Labute approximate surface area is 123 Å². The third kappa shape index (κ3) is 4.37. The van der Waals surface area contributed by atoms with Crippen molar-refractivity contribution < 1.29 is 0 Å². The second kappa shape index (κ2) is 6.73. The van der Waals surface area contributed by atoms with Gasteiger partial charge in [-0.25, -0.2) is 0 Å². The molecule has 0 fully saturated rings. The highest BCUT2D eigenvalue weighted by molar-refractivity contribution is 7.99. The van der Waals surface area contributed by atoms with Gasteiger partial charge in [0, 0.05) is 16.3 Å². The maximum absolute atomic E-state index is 6.13. The lowest BCUT2D eigenvalue weighted by molar-refractivity contribution is 0.933. The molecule has 100 valence electrons. The lowest BCUT2D eigenvalue weighted by Crippen LogP contribution is -1.91. The Balaban J connectivity index is 1.81. The minimum absolute atomic E-state index is 0.703. The van der Waals surface area contributed by atoms with Gasteiger partial charge in [0.2, 0.25) is 0 Å². The Morgan fingerprint density at radius 2 is 1.79 bits per heavy atom. The second-order valence-electron chi connectivity index (χ2n) is 4.39. The van der Waals surface area contributed by atoms with Crippen molar-refractivity contribution >= 4 is 34.7 Å². The molecule has 0 unspecified atom stereocenters. The molecule has 0 saturated carbocycles. The van der Waals surface area contributed by atoms with Crippen molar-refractivity contribution in [2.24, 2.45) is 0 Å². The van der Waals surface area contributed by atoms with Gasteiger partial charge in [0.25, 0.3) is 0 Å². The molecule has 0 spiro atoms. The first-order valence-corrected chi connectivity index (χ1v) is 7.54. The molecular weight excluding hydrogens is 276 g/mol. The van der Waals surface area contributed by atoms with Crippen LogP contribution in [0.5, 0.6) is 0 Å². The summed E-state index contributed by atoms with van der Waals surface area (Å²) in [5.74, 6) is 1.03. The number of benzene rings is 2. The van der Waals surface area contributed by atoms with Crippen molar-refractivity contribution in [3.63, 3.8) is 0 Å². The summed E-state index contributed by atoms with van der Waals surface area (Å²) >= 11 is 7.89. The molecule has 0 aliphatic rings. The fourth-order valence-electron chi connectivity index (χ4n) is 1.84. The van der Waals surface area contributed by atoms with Crippen LogP contribution in [0.1, 0.15) is 12.0 Å². The van der Waals surface area contributed by atoms with Gasteiger partial charge in [-0.15, -0.1) is 11.8 Å². The van der Waals surface area contributed by atoms with Gasteiger partial charge < -0.3 is 11.5 Å². The van der Waals surface area contributed by atoms with Crippen LogP contribution in [0.2, 0.25) is 5.02 Å². The SMILES string of the molecule is Nc1cccc(CCCSc2ccc(N)cc2Cl)c1. The molecule has 4 N–H and O–H groups in total. The van der Waals surface area contributed by atoms with E-state index in [9.17, 15) is 0 Å². The Morgan fingerprint density at radius 3 is 2.53 bits per heavy atom. The molecule has 2 aromatic rings. The summed E-state index contributed by atoms with van der Waals surface area (Å²) in [5, 5.41) is 0.731. The van der Waals surface area contributed by atoms with Crippen molar-refractivity contribution in [2.75, 3.05) is 17.2 Å². The van der Waals surface area contributed by atoms with Crippen LogP contribution in [0.3, 0.4) is 0 Å². The molecule has 0 radical (unpaired) electrons. The first-order valence-electron chi connectivity index (χ1n) is 6.17. The summed E-state index contributed by atoms with van der Waals surface area (Å²) in [6.45, 7) is 0. The normalized spacial score (nSPS) is 10.6. The molecular formula is C15H17ClN2S. The van der Waals surface area contributed by atoms with E-state index in [1.165, 1.54) is 5.56 Å². The van der Waals surface area contributed by atoms with Crippen molar-refractivity contribution in [3.05, 3.63) is 53.1 Å². The largest absolute Gasteiger partial charge is 0.399 e. The van der Waals surface area contributed by atoms with Crippen molar-refractivity contribution in [2.45, 2.75) is 17.7 Å². The number of anilines is 2. The summed E-state index contributed by atoms with van der Waals surface area (Å²) in [6, 6.07) is 13.7. The van der Waals surface area contributed by atoms with E-state index in [0.29, 0.717) is 5.69 Å². The summed E-state index contributed by atoms with van der Waals surface area (Å²) in [4.78, 5) is 1.09. The van der Waals surface area contributed by atoms with E-state index < -0.39 is 0 Å². The van der Waals surface area contributed by atoms with E-state index in [1.54, 1.807) is 17.8 Å². The Bertz CT molecular complexity index is 558. The van der Waals surface area contributed by atoms with Crippen LogP contribution in [-0.4, -0.2) is 5.75 Å². The summed E-state index contributed by atoms with van der Waals surface area (Å²) in [5.41, 5.74) is 14.2. The molecule has 2 aromatic carbocycles. The number of hydrogen-bond donors (Lipinski definition) is 2. The fourth-order valence-corrected chi connectivity index (χ4v) is 3.06. The number of nitrogens with two attached hydrogens (primary N) is 2. The standard InChI is InChI=1S/C15H17ClN2S/c16-14-10-13(18)6-7-15(14)19-8-2-4-11-3-1-5-12(17)9-11/h1,3,5-7,9-10H,2,4,8,17-18H2. The number of nitrogen functional groups attached to an aromatic ring is 2. The first-order chi connectivity index (χ1) is 9.15. The number of halogens is 1. The predicted molar refractivity (Wildman–Crippen MR) is 85.8 cm³/mol. The van der Waals surface area contributed by atoms with Gasteiger partial charge in [0.15, 0.2) is 0 Å². The van der Waals surface area contributed by atoms with E-state index in [0.717, 1.165) is 34.2 Å². The number of hydrogen-bond acceptors (Lipinski definition) is 3. The van der Waals surface area contributed by atoms with Gasteiger partial charge in [-0.1, -0.05) is 23.7 Å². The summed E-state index contributed by atoms with van der Waals surface area (Å²) in [6.07, 6.45) is 2.12. The molecule has 2 rings (SSSR count). The van der Waals surface area contributed by atoms with E-state index in [1.807, 2.05) is 30.3 Å². The smallest absolute Gasteiger partial charge is 0.0562 e. The lowest BCUT2D eigenvalue weighted by atomic mass is 10.1. The lowest BCUT2D eigenvalue weighted by Gasteiger charge is -2.05. The Morgan fingerprint density at radius 1 is 1.00 bits per heavy atom. The van der Waals surface area contributed by atoms with Crippen LogP contribution in [0.15, 0.2) is 47.4 Å². The van der Waals surface area contributed by atoms with Crippen molar-refractivity contribution in [3.8, 4) is 0 Å². The van der Waals surface area contributed by atoms with Crippen molar-refractivity contribution in [1.29, 1.82) is 0 Å².